The molecule has 0 aromatic heterocycles. The van der Waals surface area contributed by atoms with Crippen molar-refractivity contribution in [2.24, 2.45) is 10.9 Å². The van der Waals surface area contributed by atoms with Crippen molar-refractivity contribution in [2.45, 2.75) is 6.61 Å². The van der Waals surface area contributed by atoms with E-state index < -0.39 is 0 Å². The lowest BCUT2D eigenvalue weighted by Gasteiger charge is -2.05. The van der Waals surface area contributed by atoms with Crippen LogP contribution < -0.4 is 10.5 Å². The van der Waals surface area contributed by atoms with Crippen LogP contribution in [-0.4, -0.2) is 12.9 Å². The molecule has 0 heterocycles. The van der Waals surface area contributed by atoms with Gasteiger partial charge in [-0.2, -0.15) is 0 Å². The fourth-order valence-electron chi connectivity index (χ4n) is 1.62. The predicted molar refractivity (Wildman–Crippen MR) is 82.6 cm³/mol. The molecule has 0 bridgehead atoms. The van der Waals surface area contributed by atoms with Crippen LogP contribution in [0.25, 0.3) is 0 Å². The first-order valence-electron chi connectivity index (χ1n) is 6.14. The number of benzene rings is 2. The first-order chi connectivity index (χ1) is 10.1. The van der Waals surface area contributed by atoms with Gasteiger partial charge in [-0.25, -0.2) is 4.39 Å². The average molecular weight is 353 g/mol. The lowest BCUT2D eigenvalue weighted by Crippen LogP contribution is -2.13. The van der Waals surface area contributed by atoms with Gasteiger partial charge in [-0.05, 0) is 36.4 Å². The molecule has 0 radical (unpaired) electrons. The van der Waals surface area contributed by atoms with E-state index >= 15 is 0 Å². The zero-order valence-corrected chi connectivity index (χ0v) is 12.9. The number of rotatable bonds is 5. The molecule has 2 N–H and O–H groups in total. The highest BCUT2D eigenvalue weighted by atomic mass is 79.9. The Bertz CT molecular complexity index is 645. The maximum Gasteiger partial charge on any atom is 0.170 e. The second-order valence-corrected chi connectivity index (χ2v) is 5.13. The van der Waals surface area contributed by atoms with Crippen molar-refractivity contribution in [2.75, 3.05) is 7.11 Å². The van der Waals surface area contributed by atoms with E-state index in [-0.39, 0.29) is 18.3 Å². The molecule has 2 aromatic carbocycles. The molecule has 110 valence electrons. The Morgan fingerprint density at radius 3 is 2.57 bits per heavy atom. The molecular weight excluding hydrogens is 339 g/mol. The summed E-state index contributed by atoms with van der Waals surface area (Å²) >= 11 is 3.19. The summed E-state index contributed by atoms with van der Waals surface area (Å²) in [5, 5.41) is 3.78. The van der Waals surface area contributed by atoms with Gasteiger partial charge in [0.1, 0.15) is 18.2 Å². The maximum absolute atomic E-state index is 13.6. The number of oxime groups is 1. The minimum atomic E-state index is -0.359. The van der Waals surface area contributed by atoms with Crippen molar-refractivity contribution in [1.82, 2.24) is 0 Å². The zero-order chi connectivity index (χ0) is 15.2. The van der Waals surface area contributed by atoms with E-state index in [1.807, 2.05) is 0 Å². The van der Waals surface area contributed by atoms with Gasteiger partial charge in [-0.3, -0.25) is 0 Å². The Balaban J connectivity index is 1.99. The van der Waals surface area contributed by atoms with E-state index in [9.17, 15) is 4.39 Å². The van der Waals surface area contributed by atoms with E-state index in [0.717, 1.165) is 5.75 Å². The predicted octanol–water partition coefficient (Wildman–Crippen LogP) is 3.43. The van der Waals surface area contributed by atoms with Gasteiger partial charge in [-0.15, -0.1) is 0 Å². The summed E-state index contributed by atoms with van der Waals surface area (Å²) in [5.41, 5.74) is 6.90. The van der Waals surface area contributed by atoms with Crippen molar-refractivity contribution in [1.29, 1.82) is 0 Å². The van der Waals surface area contributed by atoms with E-state index in [4.69, 9.17) is 15.3 Å². The van der Waals surface area contributed by atoms with Gasteiger partial charge in [0.2, 0.25) is 0 Å². The number of nitrogens with zero attached hydrogens (tertiary/aromatic N) is 1. The Morgan fingerprint density at radius 1 is 1.24 bits per heavy atom. The minimum Gasteiger partial charge on any atom is -0.497 e. The fraction of sp³-hybridized carbons (Fsp3) is 0.133. The first-order valence-corrected chi connectivity index (χ1v) is 6.93. The summed E-state index contributed by atoms with van der Waals surface area (Å²) in [6, 6.07) is 11.8. The standard InChI is InChI=1S/C15H14BrFN2O2/c1-20-13-6-3-10(4-7-13)15(18)19-21-9-11-2-5-12(16)8-14(11)17/h2-8H,9H2,1H3,(H2,18,19). The van der Waals surface area contributed by atoms with Crippen LogP contribution in [0.5, 0.6) is 5.75 Å². The Kier molecular flexibility index (Phi) is 5.16. The summed E-state index contributed by atoms with van der Waals surface area (Å²) < 4.78 is 19.3. The third-order valence-corrected chi connectivity index (χ3v) is 3.28. The lowest BCUT2D eigenvalue weighted by atomic mass is 10.2. The van der Waals surface area contributed by atoms with Crippen LogP contribution in [-0.2, 0) is 11.4 Å². The zero-order valence-electron chi connectivity index (χ0n) is 11.3. The Labute approximate surface area is 130 Å². The highest BCUT2D eigenvalue weighted by Crippen LogP contribution is 2.16. The van der Waals surface area contributed by atoms with E-state index in [2.05, 4.69) is 21.1 Å². The quantitative estimate of drug-likeness (QED) is 0.509. The lowest BCUT2D eigenvalue weighted by molar-refractivity contribution is 0.127. The minimum absolute atomic E-state index is 0.00989. The Hall–Kier alpha value is -2.08. The smallest absolute Gasteiger partial charge is 0.170 e. The van der Waals surface area contributed by atoms with E-state index in [1.165, 1.54) is 6.07 Å². The number of nitrogens with two attached hydrogens (primary N) is 1. The van der Waals surface area contributed by atoms with Crippen LogP contribution in [0, 0.1) is 5.82 Å². The van der Waals surface area contributed by atoms with Crippen molar-refractivity contribution in [3.8, 4) is 5.75 Å². The molecule has 2 aromatic rings. The van der Waals surface area contributed by atoms with Crippen LogP contribution in [0.3, 0.4) is 0 Å². The van der Waals surface area contributed by atoms with Crippen molar-refractivity contribution >= 4 is 21.8 Å². The summed E-state index contributed by atoms with van der Waals surface area (Å²) in [5.74, 6) is 0.585. The van der Waals surface area contributed by atoms with E-state index in [0.29, 0.717) is 15.6 Å². The molecule has 0 fully saturated rings. The van der Waals surface area contributed by atoms with Crippen LogP contribution in [0.1, 0.15) is 11.1 Å². The fourth-order valence-corrected chi connectivity index (χ4v) is 1.96. The highest BCUT2D eigenvalue weighted by molar-refractivity contribution is 9.10. The molecule has 0 saturated carbocycles. The molecular formula is C15H14BrFN2O2. The molecule has 0 atom stereocenters. The molecule has 21 heavy (non-hydrogen) atoms. The summed E-state index contributed by atoms with van der Waals surface area (Å²) in [6.07, 6.45) is 0. The second-order valence-electron chi connectivity index (χ2n) is 4.21. The molecule has 0 saturated heterocycles. The van der Waals surface area contributed by atoms with Crippen LogP contribution in [0.4, 0.5) is 4.39 Å². The SMILES string of the molecule is COc1ccc(/C(N)=N/OCc2ccc(Br)cc2F)cc1. The van der Waals surface area contributed by atoms with Gasteiger partial charge < -0.3 is 15.3 Å². The van der Waals surface area contributed by atoms with Gasteiger partial charge in [0, 0.05) is 15.6 Å². The van der Waals surface area contributed by atoms with Crippen LogP contribution >= 0.6 is 15.9 Å². The summed E-state index contributed by atoms with van der Waals surface area (Å²) in [7, 11) is 1.59. The summed E-state index contributed by atoms with van der Waals surface area (Å²) in [4.78, 5) is 5.09. The molecule has 2 rings (SSSR count). The second kappa shape index (κ2) is 7.08. The molecule has 0 amide bonds. The molecule has 0 spiro atoms. The van der Waals surface area contributed by atoms with Gasteiger partial charge >= 0.3 is 0 Å². The normalized spacial score (nSPS) is 11.3. The van der Waals surface area contributed by atoms with Gasteiger partial charge in [-0.1, -0.05) is 27.2 Å². The number of methoxy groups -OCH3 is 1. The maximum atomic E-state index is 13.6. The summed E-state index contributed by atoms with van der Waals surface area (Å²) in [6.45, 7) is 0.00989. The topological polar surface area (TPSA) is 56.8 Å². The Morgan fingerprint density at radius 2 is 1.95 bits per heavy atom. The van der Waals surface area contributed by atoms with Gasteiger partial charge in [0.15, 0.2) is 5.84 Å². The third-order valence-electron chi connectivity index (χ3n) is 2.78. The van der Waals surface area contributed by atoms with Crippen molar-refractivity contribution in [3.63, 3.8) is 0 Å². The van der Waals surface area contributed by atoms with Gasteiger partial charge in [0.05, 0.1) is 7.11 Å². The molecule has 0 aliphatic heterocycles. The van der Waals surface area contributed by atoms with Crippen LogP contribution in [0.2, 0.25) is 0 Å². The number of hydrogen-bond acceptors (Lipinski definition) is 3. The molecule has 0 unspecified atom stereocenters. The number of ether oxygens (including phenoxy) is 1. The molecule has 0 aliphatic carbocycles. The number of hydrogen-bond donors (Lipinski definition) is 1. The molecule has 6 heteroatoms. The largest absolute Gasteiger partial charge is 0.497 e. The number of halogens is 2. The van der Waals surface area contributed by atoms with Crippen LogP contribution in [0.15, 0.2) is 52.1 Å². The van der Waals surface area contributed by atoms with Crippen molar-refractivity contribution in [3.05, 3.63) is 63.9 Å². The van der Waals surface area contributed by atoms with E-state index in [1.54, 1.807) is 43.5 Å². The average Bonchev–Trinajstić information content (AvgIpc) is 2.49. The monoisotopic (exact) mass is 352 g/mol. The molecule has 4 nitrogen and oxygen atoms in total. The first kappa shape index (κ1) is 15.3. The third kappa shape index (κ3) is 4.19. The highest BCUT2D eigenvalue weighted by Gasteiger charge is 2.04. The van der Waals surface area contributed by atoms with Gasteiger partial charge in [0.25, 0.3) is 0 Å². The van der Waals surface area contributed by atoms with Crippen molar-refractivity contribution < 1.29 is 14.0 Å². The number of amidine groups is 1. The molecule has 0 aliphatic rings.